The van der Waals surface area contributed by atoms with Gasteiger partial charge >= 0.3 is 0 Å². The number of nitrogens with one attached hydrogen (secondary N) is 1. The van der Waals surface area contributed by atoms with E-state index in [-0.39, 0.29) is 9.92 Å². The van der Waals surface area contributed by atoms with Crippen molar-refractivity contribution in [3.05, 3.63) is 28.8 Å². The van der Waals surface area contributed by atoms with Crippen molar-refractivity contribution >= 4 is 21.6 Å². The minimum absolute atomic E-state index is 0.0346. The Morgan fingerprint density at radius 3 is 2.57 bits per heavy atom. The van der Waals surface area contributed by atoms with Gasteiger partial charge in [-0.3, -0.25) is 0 Å². The van der Waals surface area contributed by atoms with E-state index in [1.165, 1.54) is 18.2 Å². The highest BCUT2D eigenvalue weighted by Gasteiger charge is 2.22. The molecule has 0 heterocycles. The zero-order chi connectivity index (χ0) is 15.5. The van der Waals surface area contributed by atoms with Crippen LogP contribution in [-0.4, -0.2) is 15.0 Å². The van der Waals surface area contributed by atoms with Gasteiger partial charge in [0.15, 0.2) is 0 Å². The van der Waals surface area contributed by atoms with Crippen LogP contribution in [0.5, 0.6) is 0 Å². The molecule has 6 heteroatoms. The van der Waals surface area contributed by atoms with Gasteiger partial charge in [0, 0.05) is 6.54 Å². The molecule has 0 aromatic heterocycles. The fourth-order valence-corrected chi connectivity index (χ4v) is 4.29. The van der Waals surface area contributed by atoms with Gasteiger partial charge in [-0.2, -0.15) is 5.26 Å². The van der Waals surface area contributed by atoms with Crippen LogP contribution in [0.2, 0.25) is 5.02 Å². The molecule has 0 aliphatic heterocycles. The van der Waals surface area contributed by atoms with Gasteiger partial charge in [0.2, 0.25) is 10.0 Å². The highest BCUT2D eigenvalue weighted by Crippen LogP contribution is 2.28. The predicted molar refractivity (Wildman–Crippen MR) is 82.5 cm³/mol. The summed E-state index contributed by atoms with van der Waals surface area (Å²) in [4.78, 5) is 0.0346. The van der Waals surface area contributed by atoms with Gasteiger partial charge in [0.25, 0.3) is 0 Å². The summed E-state index contributed by atoms with van der Waals surface area (Å²) in [5, 5.41) is 8.86. The molecule has 0 saturated heterocycles. The SMILES string of the molecule is CC1CCC(CNS(=O)(=O)c2ccc(C#N)cc2Cl)CC1. The van der Waals surface area contributed by atoms with E-state index in [4.69, 9.17) is 16.9 Å². The fraction of sp³-hybridized carbons (Fsp3) is 0.533. The molecule has 4 nitrogen and oxygen atoms in total. The average molecular weight is 327 g/mol. The minimum atomic E-state index is -3.62. The topological polar surface area (TPSA) is 70.0 Å². The smallest absolute Gasteiger partial charge is 0.211 e. The number of hydrogen-bond acceptors (Lipinski definition) is 3. The quantitative estimate of drug-likeness (QED) is 0.922. The maximum absolute atomic E-state index is 12.3. The summed E-state index contributed by atoms with van der Waals surface area (Å²) in [5.41, 5.74) is 0.347. The zero-order valence-corrected chi connectivity index (χ0v) is 13.5. The van der Waals surface area contributed by atoms with E-state index < -0.39 is 10.0 Å². The summed E-state index contributed by atoms with van der Waals surface area (Å²) >= 11 is 5.96. The first-order chi connectivity index (χ1) is 9.92. The number of hydrogen-bond donors (Lipinski definition) is 1. The Bertz CT molecular complexity index is 644. The molecule has 0 amide bonds. The minimum Gasteiger partial charge on any atom is -0.211 e. The number of nitriles is 1. The van der Waals surface area contributed by atoms with Gasteiger partial charge in [-0.15, -0.1) is 0 Å². The first-order valence-electron chi connectivity index (χ1n) is 7.11. The molecule has 0 atom stereocenters. The van der Waals surface area contributed by atoms with Crippen LogP contribution in [0, 0.1) is 23.2 Å². The maximum atomic E-state index is 12.3. The van der Waals surface area contributed by atoms with Gasteiger partial charge in [-0.25, -0.2) is 13.1 Å². The van der Waals surface area contributed by atoms with Crippen molar-refractivity contribution in [2.75, 3.05) is 6.54 Å². The molecule has 1 aliphatic carbocycles. The second-order valence-corrected chi connectivity index (χ2v) is 7.88. The zero-order valence-electron chi connectivity index (χ0n) is 12.0. The fourth-order valence-electron chi connectivity index (χ4n) is 2.63. The van der Waals surface area contributed by atoms with E-state index >= 15 is 0 Å². The first kappa shape index (κ1) is 16.3. The van der Waals surface area contributed by atoms with Crippen LogP contribution < -0.4 is 4.72 Å². The molecule has 1 aliphatic rings. The summed E-state index contributed by atoms with van der Waals surface area (Å²) in [5.74, 6) is 1.14. The van der Waals surface area contributed by atoms with Gasteiger partial charge in [0.05, 0.1) is 16.7 Å². The standard InChI is InChI=1S/C15H19ClN2O2S/c1-11-2-4-12(5-3-11)10-18-21(19,20)15-7-6-13(9-17)8-14(15)16/h6-8,11-12,18H,2-5,10H2,1H3. The molecule has 114 valence electrons. The summed E-state index contributed by atoms with van der Waals surface area (Å²) in [6.07, 6.45) is 4.43. The van der Waals surface area contributed by atoms with Crippen LogP contribution in [0.25, 0.3) is 0 Å². The van der Waals surface area contributed by atoms with Crippen LogP contribution in [-0.2, 0) is 10.0 Å². The highest BCUT2D eigenvalue weighted by molar-refractivity contribution is 7.89. The molecule has 0 unspecified atom stereocenters. The predicted octanol–water partition coefficient (Wildman–Crippen LogP) is 3.32. The highest BCUT2D eigenvalue weighted by atomic mass is 35.5. The van der Waals surface area contributed by atoms with Crippen molar-refractivity contribution in [2.45, 2.75) is 37.5 Å². The van der Waals surface area contributed by atoms with Crippen molar-refractivity contribution in [2.24, 2.45) is 11.8 Å². The molecule has 0 spiro atoms. The van der Waals surface area contributed by atoms with Crippen LogP contribution in [0.15, 0.2) is 23.1 Å². The lowest BCUT2D eigenvalue weighted by atomic mass is 9.83. The Balaban J connectivity index is 2.03. The summed E-state index contributed by atoms with van der Waals surface area (Å²) in [7, 11) is -3.62. The van der Waals surface area contributed by atoms with Crippen molar-refractivity contribution in [1.82, 2.24) is 4.72 Å². The Morgan fingerprint density at radius 2 is 2.00 bits per heavy atom. The van der Waals surface area contributed by atoms with Crippen LogP contribution >= 0.6 is 11.6 Å². The third kappa shape index (κ3) is 4.19. The molecule has 1 N–H and O–H groups in total. The lowest BCUT2D eigenvalue weighted by Crippen LogP contribution is -2.31. The van der Waals surface area contributed by atoms with E-state index in [2.05, 4.69) is 11.6 Å². The average Bonchev–Trinajstić information content (AvgIpc) is 2.46. The van der Waals surface area contributed by atoms with E-state index in [1.807, 2.05) is 6.07 Å². The Labute approximate surface area is 131 Å². The molecule has 21 heavy (non-hydrogen) atoms. The summed E-state index contributed by atoms with van der Waals surface area (Å²) in [6.45, 7) is 2.68. The monoisotopic (exact) mass is 326 g/mol. The normalized spacial score (nSPS) is 22.7. The number of nitrogens with zero attached hydrogens (tertiary/aromatic N) is 1. The number of sulfonamides is 1. The largest absolute Gasteiger partial charge is 0.242 e. The van der Waals surface area contributed by atoms with Crippen molar-refractivity contribution in [3.63, 3.8) is 0 Å². The van der Waals surface area contributed by atoms with Crippen molar-refractivity contribution in [3.8, 4) is 6.07 Å². The summed E-state index contributed by atoms with van der Waals surface area (Å²) in [6, 6.07) is 6.15. The Morgan fingerprint density at radius 1 is 1.33 bits per heavy atom. The molecule has 1 aromatic rings. The molecular weight excluding hydrogens is 308 g/mol. The Kier molecular flexibility index (Phi) is 5.26. The second kappa shape index (κ2) is 6.78. The van der Waals surface area contributed by atoms with Crippen LogP contribution in [0.3, 0.4) is 0 Å². The Hall–Kier alpha value is -1.09. The molecule has 1 saturated carbocycles. The third-order valence-electron chi connectivity index (χ3n) is 4.05. The molecule has 1 fully saturated rings. The van der Waals surface area contributed by atoms with Crippen molar-refractivity contribution in [1.29, 1.82) is 5.26 Å². The van der Waals surface area contributed by atoms with E-state index in [0.29, 0.717) is 18.0 Å². The number of rotatable bonds is 4. The number of halogens is 1. The van der Waals surface area contributed by atoms with E-state index in [0.717, 1.165) is 31.6 Å². The maximum Gasteiger partial charge on any atom is 0.242 e. The van der Waals surface area contributed by atoms with Gasteiger partial charge < -0.3 is 0 Å². The van der Waals surface area contributed by atoms with Crippen LogP contribution in [0.1, 0.15) is 38.2 Å². The summed E-state index contributed by atoms with van der Waals surface area (Å²) < 4.78 is 27.2. The molecule has 1 aromatic carbocycles. The van der Waals surface area contributed by atoms with Crippen molar-refractivity contribution < 1.29 is 8.42 Å². The van der Waals surface area contributed by atoms with Gasteiger partial charge in [-0.1, -0.05) is 31.4 Å². The second-order valence-electron chi connectivity index (χ2n) is 5.73. The third-order valence-corrected chi connectivity index (χ3v) is 5.95. The van der Waals surface area contributed by atoms with Gasteiger partial charge in [-0.05, 0) is 42.9 Å². The molecule has 0 bridgehead atoms. The molecule has 0 radical (unpaired) electrons. The van der Waals surface area contributed by atoms with Gasteiger partial charge in [0.1, 0.15) is 4.90 Å². The molecule has 2 rings (SSSR count). The lowest BCUT2D eigenvalue weighted by molar-refractivity contribution is 0.290. The van der Waals surface area contributed by atoms with E-state index in [9.17, 15) is 8.42 Å². The first-order valence-corrected chi connectivity index (χ1v) is 8.98. The van der Waals surface area contributed by atoms with E-state index in [1.54, 1.807) is 0 Å². The molecular formula is C15H19ClN2O2S. The van der Waals surface area contributed by atoms with Crippen LogP contribution in [0.4, 0.5) is 0 Å². The lowest BCUT2D eigenvalue weighted by Gasteiger charge is -2.26. The number of benzene rings is 1.